The summed E-state index contributed by atoms with van der Waals surface area (Å²) in [7, 11) is -4.91. The Balaban J connectivity index is 0.769. The van der Waals surface area contributed by atoms with Gasteiger partial charge in [0.1, 0.15) is 5.75 Å². The second-order valence-electron chi connectivity index (χ2n) is 23.0. The summed E-state index contributed by atoms with van der Waals surface area (Å²) in [5, 5.41) is 26.6. The van der Waals surface area contributed by atoms with Gasteiger partial charge >= 0.3 is 13.8 Å². The zero-order valence-electron chi connectivity index (χ0n) is 44.4. The second kappa shape index (κ2) is 24.7. The van der Waals surface area contributed by atoms with Gasteiger partial charge in [0.05, 0.1) is 30.3 Å². The highest BCUT2D eigenvalue weighted by atomic mass is 31.2. The first-order valence-corrected chi connectivity index (χ1v) is 29.6. The van der Waals surface area contributed by atoms with Crippen LogP contribution in [-0.4, -0.2) is 94.5 Å². The molecule has 15 nitrogen and oxygen atoms in total. The number of hydrogen-bond acceptors (Lipinski definition) is 12. The summed E-state index contributed by atoms with van der Waals surface area (Å²) in [6.07, 6.45) is 20.8. The quantitative estimate of drug-likeness (QED) is 0.0234. The van der Waals surface area contributed by atoms with E-state index in [9.17, 15) is 38.9 Å². The van der Waals surface area contributed by atoms with Crippen molar-refractivity contribution in [3.05, 3.63) is 119 Å². The van der Waals surface area contributed by atoms with Crippen LogP contribution in [0, 0.1) is 34.5 Å². The summed E-state index contributed by atoms with van der Waals surface area (Å²) < 4.78 is 44.3. The highest BCUT2D eigenvalue weighted by Crippen LogP contribution is 2.70. The number of phosphoric ester groups is 1. The number of aromatic nitrogens is 1. The highest BCUT2D eigenvalue weighted by molar-refractivity contribution is 7.46. The van der Waals surface area contributed by atoms with Crippen LogP contribution in [0.25, 0.3) is 0 Å². The molecule has 5 unspecified atom stereocenters. The van der Waals surface area contributed by atoms with Crippen molar-refractivity contribution < 1.29 is 67.0 Å². The molecule has 10 atom stereocenters. The van der Waals surface area contributed by atoms with E-state index >= 15 is 0 Å². The fourth-order valence-electron chi connectivity index (χ4n) is 14.2. The zero-order valence-corrected chi connectivity index (χ0v) is 45.3. The first-order chi connectivity index (χ1) is 36.6. The van der Waals surface area contributed by atoms with E-state index < -0.39 is 61.4 Å². The third kappa shape index (κ3) is 12.7. The molecule has 4 saturated carbocycles. The van der Waals surface area contributed by atoms with Crippen molar-refractivity contribution >= 4 is 25.4 Å². The van der Waals surface area contributed by atoms with Gasteiger partial charge in [-0.05, 0) is 130 Å². The summed E-state index contributed by atoms with van der Waals surface area (Å²) in [6.45, 7) is 6.40. The molecule has 76 heavy (non-hydrogen) atoms. The Morgan fingerprint density at radius 1 is 0.921 bits per heavy atom. The predicted molar refractivity (Wildman–Crippen MR) is 283 cm³/mol. The van der Waals surface area contributed by atoms with E-state index in [1.807, 2.05) is 12.1 Å². The zero-order chi connectivity index (χ0) is 53.5. The van der Waals surface area contributed by atoms with Gasteiger partial charge in [-0.3, -0.25) is 24.2 Å². The minimum absolute atomic E-state index is 0.00449. The molecule has 5 N–H and O–H groups in total. The number of pyridine rings is 1. The monoisotopic (exact) mass is 1070 g/mol. The van der Waals surface area contributed by atoms with Crippen molar-refractivity contribution in [1.29, 1.82) is 0 Å². The number of aliphatic hydroxyl groups is 2. The van der Waals surface area contributed by atoms with Crippen LogP contribution in [0.1, 0.15) is 139 Å². The van der Waals surface area contributed by atoms with Gasteiger partial charge in [-0.15, -0.1) is 0 Å². The fourth-order valence-corrected chi connectivity index (χ4v) is 14.6. The largest absolute Gasteiger partial charge is 0.524 e. The van der Waals surface area contributed by atoms with Crippen LogP contribution in [0.2, 0.25) is 0 Å². The lowest BCUT2D eigenvalue weighted by Gasteiger charge is -2.59. The number of aliphatic hydroxyl groups excluding tert-OH is 2. The lowest BCUT2D eigenvalue weighted by atomic mass is 9.46. The van der Waals surface area contributed by atoms with Crippen molar-refractivity contribution in [2.75, 3.05) is 32.9 Å². The van der Waals surface area contributed by atoms with E-state index in [2.05, 4.69) is 43.4 Å². The van der Waals surface area contributed by atoms with E-state index in [4.69, 9.17) is 23.5 Å². The van der Waals surface area contributed by atoms with E-state index in [0.29, 0.717) is 36.1 Å². The molecule has 5 fully saturated rings. The Hall–Kier alpha value is -4.41. The summed E-state index contributed by atoms with van der Waals surface area (Å²) in [5.74, 6) is -0.916. The number of fused-ring (bicyclic) bond motifs is 7. The van der Waals surface area contributed by atoms with Crippen molar-refractivity contribution in [2.24, 2.45) is 34.5 Å². The minimum Gasteiger partial charge on any atom is -0.457 e. The summed E-state index contributed by atoms with van der Waals surface area (Å²) in [5.41, 5.74) is 1.35. The molecule has 6 aliphatic rings. The fraction of sp³-hybridized carbons (Fsp3) is 0.600. The summed E-state index contributed by atoms with van der Waals surface area (Å²) in [6, 6.07) is 18.7. The topological polar surface area (TPSA) is 211 Å². The lowest BCUT2D eigenvalue weighted by Crippen LogP contribution is -2.63. The van der Waals surface area contributed by atoms with Gasteiger partial charge < -0.3 is 39.0 Å². The van der Waals surface area contributed by atoms with Crippen LogP contribution in [-0.2, 0) is 57.3 Å². The molecule has 16 heteroatoms. The SMILES string of the molecule is C[C@]12C=CC(=O)C=C1CCC1C2C(O)C[C@@]2(C)C1C[C@H]1O[C@@H](C3CCCCC3)O[C@]12C(=O)COC(=O)Cc1cc[n+](Cc2cc(C(O)CNCCCCCCOCCCCc3ccccc3)ccc2OP(=O)(O)O)cc1. The number of benzene rings is 2. The Kier molecular flexibility index (Phi) is 18.3. The van der Waals surface area contributed by atoms with E-state index in [0.717, 1.165) is 115 Å². The third-order valence-electron chi connectivity index (χ3n) is 18.0. The molecule has 1 saturated heterocycles. The average molecular weight is 1070 g/mol. The summed E-state index contributed by atoms with van der Waals surface area (Å²) >= 11 is 0. The molecule has 0 spiro atoms. The van der Waals surface area contributed by atoms with E-state index in [1.165, 1.54) is 11.6 Å². The molecule has 9 rings (SSSR count). The maximum Gasteiger partial charge on any atom is 0.524 e. The number of ketones is 2. The molecule has 2 heterocycles. The number of hydrogen-bond donors (Lipinski definition) is 5. The lowest BCUT2D eigenvalue weighted by molar-refractivity contribution is -0.688. The van der Waals surface area contributed by atoms with Crippen molar-refractivity contribution in [3.8, 4) is 5.75 Å². The van der Waals surface area contributed by atoms with Crippen LogP contribution in [0.15, 0.2) is 96.9 Å². The van der Waals surface area contributed by atoms with Crippen molar-refractivity contribution in [2.45, 2.75) is 160 Å². The normalized spacial score (nSPS) is 29.4. The third-order valence-corrected chi connectivity index (χ3v) is 18.4. The minimum atomic E-state index is -4.91. The van der Waals surface area contributed by atoms with Gasteiger partial charge in [0.2, 0.25) is 5.78 Å². The van der Waals surface area contributed by atoms with E-state index in [-0.39, 0.29) is 54.0 Å². The number of nitrogens with zero attached hydrogens (tertiary/aromatic N) is 1. The first kappa shape index (κ1) is 56.3. The molecule has 2 aromatic carbocycles. The Bertz CT molecular complexity index is 2600. The standard InChI is InChI=1S/C60H79N2O13P/c1-58-27-24-47(63)35-46(58)21-22-48-49-36-54-60(59(49,2)37-50(64)56(48)58,74-57(73-54)43-18-9-6-10-19-43)53(66)40-72-55(67)33-42-25-29-62(30-26-42)39-45-34-44(20-23-52(45)75-76(68,69)70)51(65)38-61-28-12-3-4-13-31-71-32-14-11-17-41-15-7-5-8-16-41/h5,7-8,15-16,20,23-27,29-30,34-35,43,48-51,54,56-57,61,64-65H,3-4,6,9-14,17-19,21-22,28,31-33,36-40H2,1-2H3,(H-,68,69,70)/p+1/t48?,49?,50?,51?,54-,56?,57-,58+,59+,60-/m1/s1. The number of phosphoric acid groups is 1. The second-order valence-corrected chi connectivity index (χ2v) is 24.1. The van der Waals surface area contributed by atoms with Gasteiger partial charge in [0.15, 0.2) is 43.2 Å². The Morgan fingerprint density at radius 2 is 1.67 bits per heavy atom. The molecule has 0 radical (unpaired) electrons. The molecule has 0 bridgehead atoms. The number of rotatable bonds is 25. The molecule has 412 valence electrons. The number of aryl methyl sites for hydroxylation is 1. The Labute approximate surface area is 448 Å². The van der Waals surface area contributed by atoms with Gasteiger partial charge in [-0.25, -0.2) is 9.13 Å². The maximum atomic E-state index is 15.0. The maximum absolute atomic E-state index is 15.0. The summed E-state index contributed by atoms with van der Waals surface area (Å²) in [4.78, 5) is 60.4. The molecular formula is C60H80N2O13P+. The van der Waals surface area contributed by atoms with Crippen LogP contribution in [0.3, 0.4) is 0 Å². The van der Waals surface area contributed by atoms with E-state index in [1.54, 1.807) is 53.4 Å². The number of allylic oxidation sites excluding steroid dienone is 4. The molecule has 1 aromatic heterocycles. The molecular weight excluding hydrogens is 988 g/mol. The average Bonchev–Trinajstić information content (AvgIpc) is 4.03. The van der Waals surface area contributed by atoms with Gasteiger partial charge in [-0.2, -0.15) is 0 Å². The van der Waals surface area contributed by atoms with Crippen molar-refractivity contribution in [3.63, 3.8) is 0 Å². The molecule has 1 aliphatic heterocycles. The van der Waals surface area contributed by atoms with Crippen molar-refractivity contribution in [1.82, 2.24) is 5.32 Å². The molecule has 5 aliphatic carbocycles. The smallest absolute Gasteiger partial charge is 0.457 e. The van der Waals surface area contributed by atoms with Gasteiger partial charge in [0, 0.05) is 54.6 Å². The van der Waals surface area contributed by atoms with Crippen LogP contribution >= 0.6 is 7.82 Å². The number of esters is 1. The van der Waals surface area contributed by atoms with Gasteiger partial charge in [-0.1, -0.05) is 94.0 Å². The number of unbranched alkanes of at least 4 members (excludes halogenated alkanes) is 4. The molecule has 0 amide bonds. The van der Waals surface area contributed by atoms with Gasteiger partial charge in [0.25, 0.3) is 0 Å². The highest BCUT2D eigenvalue weighted by Gasteiger charge is 2.76. The number of carbonyl (C=O) groups excluding carboxylic acids is 3. The number of carbonyl (C=O) groups is 3. The van der Waals surface area contributed by atoms with Crippen LogP contribution in [0.4, 0.5) is 0 Å². The number of nitrogens with one attached hydrogen (secondary N) is 1. The predicted octanol–water partition coefficient (Wildman–Crippen LogP) is 8.32. The molecule has 3 aromatic rings. The first-order valence-electron chi connectivity index (χ1n) is 28.1. The number of Topliss-reactive ketones (excluding diaryl/α,β-unsaturated/α-hetero) is 1. The Morgan fingerprint density at radius 3 is 2.43 bits per heavy atom. The van der Waals surface area contributed by atoms with Crippen LogP contribution in [0.5, 0.6) is 5.75 Å². The number of ether oxygens (including phenoxy) is 4. The van der Waals surface area contributed by atoms with Crippen LogP contribution < -0.4 is 14.4 Å².